The van der Waals surface area contributed by atoms with Gasteiger partial charge >= 0.3 is 0 Å². The highest BCUT2D eigenvalue weighted by Crippen LogP contribution is 2.18. The van der Waals surface area contributed by atoms with Crippen molar-refractivity contribution in [1.82, 2.24) is 9.78 Å². The van der Waals surface area contributed by atoms with Gasteiger partial charge in [-0.25, -0.2) is 4.68 Å². The fourth-order valence-electron chi connectivity index (χ4n) is 2.51. The van der Waals surface area contributed by atoms with Crippen LogP contribution in [0.3, 0.4) is 0 Å². The number of nitrogens with zero attached hydrogens (tertiary/aromatic N) is 2. The molecule has 0 fully saturated rings. The first-order chi connectivity index (χ1) is 10.3. The van der Waals surface area contributed by atoms with Gasteiger partial charge in [0, 0.05) is 11.4 Å². The van der Waals surface area contributed by atoms with Crippen LogP contribution >= 0.6 is 12.4 Å². The number of nitrogens with one attached hydrogen (secondary N) is 1. The van der Waals surface area contributed by atoms with Gasteiger partial charge in [0.2, 0.25) is 5.91 Å². The van der Waals surface area contributed by atoms with Gasteiger partial charge in [0.05, 0.1) is 16.9 Å². The summed E-state index contributed by atoms with van der Waals surface area (Å²) in [6.45, 7) is 7.74. The van der Waals surface area contributed by atoms with Crippen molar-refractivity contribution in [2.75, 3.05) is 5.32 Å². The van der Waals surface area contributed by atoms with E-state index in [-0.39, 0.29) is 18.3 Å². The lowest BCUT2D eigenvalue weighted by Gasteiger charge is -2.23. The molecule has 2 rings (SSSR count). The Morgan fingerprint density at radius 1 is 1.35 bits per heavy atom. The zero-order valence-corrected chi connectivity index (χ0v) is 14.9. The standard InChI is InChI=1S/C17H24N4O.ClH/c1-5-9-17(4,18)16(22)19-14-7-6-8-15(11-14)21-13(3)10-12(2)20-21;/h6-8,10-11H,5,9,18H2,1-4H3,(H,19,22);1H. The Morgan fingerprint density at radius 2 is 2.04 bits per heavy atom. The molecule has 2 aromatic rings. The molecule has 1 aromatic heterocycles. The molecule has 5 nitrogen and oxygen atoms in total. The molecule has 0 aliphatic rings. The monoisotopic (exact) mass is 336 g/mol. The third-order valence-electron chi connectivity index (χ3n) is 3.65. The molecule has 126 valence electrons. The summed E-state index contributed by atoms with van der Waals surface area (Å²) in [4.78, 5) is 12.3. The van der Waals surface area contributed by atoms with Crippen molar-refractivity contribution in [2.45, 2.75) is 46.1 Å². The van der Waals surface area contributed by atoms with Gasteiger partial charge in [0.25, 0.3) is 0 Å². The summed E-state index contributed by atoms with van der Waals surface area (Å²) in [6.07, 6.45) is 1.52. The van der Waals surface area contributed by atoms with Crippen molar-refractivity contribution in [3.8, 4) is 5.69 Å². The van der Waals surface area contributed by atoms with Gasteiger partial charge in [0.1, 0.15) is 0 Å². The summed E-state index contributed by atoms with van der Waals surface area (Å²) in [6, 6.07) is 9.63. The summed E-state index contributed by atoms with van der Waals surface area (Å²) in [5.74, 6) is -0.167. The van der Waals surface area contributed by atoms with Crippen LogP contribution in [-0.4, -0.2) is 21.2 Å². The normalized spacial score (nSPS) is 13.1. The maximum atomic E-state index is 12.3. The number of halogens is 1. The number of nitrogens with two attached hydrogens (primary N) is 1. The topological polar surface area (TPSA) is 72.9 Å². The van der Waals surface area contributed by atoms with E-state index in [1.807, 2.05) is 55.8 Å². The number of hydrogen-bond acceptors (Lipinski definition) is 3. The smallest absolute Gasteiger partial charge is 0.244 e. The number of anilines is 1. The molecule has 6 heteroatoms. The molecule has 1 heterocycles. The van der Waals surface area contributed by atoms with Crippen LogP contribution in [-0.2, 0) is 4.79 Å². The lowest BCUT2D eigenvalue weighted by molar-refractivity contribution is -0.120. The molecule has 0 saturated heterocycles. The zero-order valence-electron chi connectivity index (χ0n) is 14.1. The first kappa shape index (κ1) is 19.2. The average molecular weight is 337 g/mol. The van der Waals surface area contributed by atoms with Gasteiger partial charge < -0.3 is 11.1 Å². The van der Waals surface area contributed by atoms with Crippen molar-refractivity contribution < 1.29 is 4.79 Å². The second-order valence-electron chi connectivity index (χ2n) is 6.01. The highest BCUT2D eigenvalue weighted by atomic mass is 35.5. The van der Waals surface area contributed by atoms with Crippen molar-refractivity contribution in [1.29, 1.82) is 0 Å². The molecule has 0 spiro atoms. The van der Waals surface area contributed by atoms with Crippen LogP contribution in [0.2, 0.25) is 0 Å². The minimum Gasteiger partial charge on any atom is -0.324 e. The highest BCUT2D eigenvalue weighted by Gasteiger charge is 2.27. The van der Waals surface area contributed by atoms with E-state index in [4.69, 9.17) is 5.73 Å². The lowest BCUT2D eigenvalue weighted by Crippen LogP contribution is -2.48. The van der Waals surface area contributed by atoms with E-state index in [2.05, 4.69) is 10.4 Å². The van der Waals surface area contributed by atoms with Gasteiger partial charge in [0.15, 0.2) is 0 Å². The minimum atomic E-state index is -0.858. The molecule has 0 radical (unpaired) electrons. The van der Waals surface area contributed by atoms with E-state index >= 15 is 0 Å². The summed E-state index contributed by atoms with van der Waals surface area (Å²) >= 11 is 0. The SMILES string of the molecule is CCCC(C)(N)C(=O)Nc1cccc(-n2nc(C)cc2C)c1.Cl. The van der Waals surface area contributed by atoms with Crippen LogP contribution in [0, 0.1) is 13.8 Å². The Balaban J connectivity index is 0.00000264. The van der Waals surface area contributed by atoms with Crippen LogP contribution in [0.15, 0.2) is 30.3 Å². The van der Waals surface area contributed by atoms with Gasteiger partial charge in [-0.3, -0.25) is 4.79 Å². The molecule has 1 aromatic carbocycles. The number of carbonyl (C=O) groups excluding carboxylic acids is 1. The molecule has 0 aliphatic heterocycles. The number of hydrogen-bond donors (Lipinski definition) is 2. The van der Waals surface area contributed by atoms with E-state index in [0.29, 0.717) is 6.42 Å². The molecule has 0 aliphatic carbocycles. The number of aryl methyl sites for hydroxylation is 2. The molecule has 1 amide bonds. The number of aromatic nitrogens is 2. The summed E-state index contributed by atoms with van der Waals surface area (Å²) in [5.41, 5.74) is 8.86. The third kappa shape index (κ3) is 4.56. The minimum absolute atomic E-state index is 0. The molecule has 3 N–H and O–H groups in total. The zero-order chi connectivity index (χ0) is 16.3. The average Bonchev–Trinajstić information content (AvgIpc) is 2.78. The quantitative estimate of drug-likeness (QED) is 0.879. The van der Waals surface area contributed by atoms with Crippen molar-refractivity contribution in [3.63, 3.8) is 0 Å². The largest absolute Gasteiger partial charge is 0.324 e. The van der Waals surface area contributed by atoms with Crippen LogP contribution in [0.1, 0.15) is 38.1 Å². The van der Waals surface area contributed by atoms with E-state index in [1.54, 1.807) is 6.92 Å². The Labute approximate surface area is 143 Å². The van der Waals surface area contributed by atoms with E-state index in [0.717, 1.165) is 29.2 Å². The number of rotatable bonds is 5. The summed E-state index contributed by atoms with van der Waals surface area (Å²) in [5, 5.41) is 7.36. The van der Waals surface area contributed by atoms with Gasteiger partial charge in [-0.1, -0.05) is 19.4 Å². The molecule has 0 bridgehead atoms. The van der Waals surface area contributed by atoms with E-state index in [1.165, 1.54) is 0 Å². The second-order valence-corrected chi connectivity index (χ2v) is 6.01. The fourth-order valence-corrected chi connectivity index (χ4v) is 2.51. The van der Waals surface area contributed by atoms with Crippen LogP contribution in [0.5, 0.6) is 0 Å². The third-order valence-corrected chi connectivity index (χ3v) is 3.65. The van der Waals surface area contributed by atoms with Crippen molar-refractivity contribution >= 4 is 24.0 Å². The second kappa shape index (κ2) is 7.62. The molecule has 23 heavy (non-hydrogen) atoms. The summed E-state index contributed by atoms with van der Waals surface area (Å²) in [7, 11) is 0. The highest BCUT2D eigenvalue weighted by molar-refractivity contribution is 5.97. The van der Waals surface area contributed by atoms with Crippen LogP contribution < -0.4 is 11.1 Å². The number of carbonyl (C=O) groups is 1. The molecular formula is C17H25ClN4O. The number of amides is 1. The predicted molar refractivity (Wildman–Crippen MR) is 96.4 cm³/mol. The first-order valence-corrected chi connectivity index (χ1v) is 7.57. The van der Waals surface area contributed by atoms with E-state index < -0.39 is 5.54 Å². The maximum absolute atomic E-state index is 12.3. The Hall–Kier alpha value is -1.85. The Morgan fingerprint density at radius 3 is 2.61 bits per heavy atom. The summed E-state index contributed by atoms with van der Waals surface area (Å²) < 4.78 is 1.86. The lowest BCUT2D eigenvalue weighted by atomic mass is 9.96. The van der Waals surface area contributed by atoms with Crippen LogP contribution in [0.25, 0.3) is 5.69 Å². The van der Waals surface area contributed by atoms with Gasteiger partial charge in [-0.15, -0.1) is 12.4 Å². The van der Waals surface area contributed by atoms with E-state index in [9.17, 15) is 4.79 Å². The maximum Gasteiger partial charge on any atom is 0.244 e. The van der Waals surface area contributed by atoms with Gasteiger partial charge in [-0.2, -0.15) is 5.10 Å². The number of benzene rings is 1. The Bertz CT molecular complexity index is 679. The van der Waals surface area contributed by atoms with Crippen molar-refractivity contribution in [2.24, 2.45) is 5.73 Å². The molecule has 1 unspecified atom stereocenters. The Kier molecular flexibility index (Phi) is 6.36. The fraction of sp³-hybridized carbons (Fsp3) is 0.412. The van der Waals surface area contributed by atoms with Crippen LogP contribution in [0.4, 0.5) is 5.69 Å². The van der Waals surface area contributed by atoms with Crippen molar-refractivity contribution in [3.05, 3.63) is 41.7 Å². The molecule has 0 saturated carbocycles. The predicted octanol–water partition coefficient (Wildman–Crippen LogP) is 3.37. The first-order valence-electron chi connectivity index (χ1n) is 7.57. The van der Waals surface area contributed by atoms with Gasteiger partial charge in [-0.05, 0) is 51.5 Å². The molecular weight excluding hydrogens is 312 g/mol. The molecule has 1 atom stereocenters.